The summed E-state index contributed by atoms with van der Waals surface area (Å²) in [4.78, 5) is 29.9. The van der Waals surface area contributed by atoms with Crippen molar-refractivity contribution in [3.63, 3.8) is 0 Å². The fraction of sp³-hybridized carbons (Fsp3) is 0.267. The van der Waals surface area contributed by atoms with E-state index < -0.39 is 7.26 Å². The molecule has 1 unspecified atom stereocenters. The largest absolute Gasteiger partial charge is 1.00 e. The molecule has 3 aromatic carbocycles. The van der Waals surface area contributed by atoms with E-state index >= 15 is 0 Å². The minimum absolute atomic E-state index is 0. The van der Waals surface area contributed by atoms with E-state index in [1.54, 1.807) is 11.0 Å². The minimum Gasteiger partial charge on any atom is -1.00 e. The van der Waals surface area contributed by atoms with Crippen LogP contribution in [-0.2, 0) is 9.53 Å². The number of carbonyl (C=O) groups excluding carboxylic acids is 2. The summed E-state index contributed by atoms with van der Waals surface area (Å²) in [6.45, 7) is 6.48. The molecule has 0 radical (unpaired) electrons. The lowest BCUT2D eigenvalue weighted by atomic mass is 10.0. The monoisotopic (exact) mass is 578 g/mol. The number of ether oxygens (including phenoxy) is 1. The highest BCUT2D eigenvalue weighted by Gasteiger charge is 2.58. The average molecular weight is 579 g/mol. The van der Waals surface area contributed by atoms with Gasteiger partial charge in [-0.1, -0.05) is 67.3 Å². The molecule has 2 aliphatic heterocycles. The van der Waals surface area contributed by atoms with Gasteiger partial charge in [-0.3, -0.25) is 4.79 Å². The maximum atomic E-state index is 14.1. The predicted molar refractivity (Wildman–Crippen MR) is 147 cm³/mol. The number of benzene rings is 3. The summed E-state index contributed by atoms with van der Waals surface area (Å²) in [7, 11) is -2.25. The smallest absolute Gasteiger partial charge is 0.410 e. The molecule has 2 aliphatic rings. The number of likely N-dealkylation sites (tertiary alicyclic amines) is 2. The van der Waals surface area contributed by atoms with Crippen LogP contribution in [-0.4, -0.2) is 60.2 Å². The van der Waals surface area contributed by atoms with Crippen LogP contribution in [0.25, 0.3) is 0 Å². The van der Waals surface area contributed by atoms with Crippen molar-refractivity contribution in [2.75, 3.05) is 32.8 Å². The van der Waals surface area contributed by atoms with E-state index in [1.807, 2.05) is 23.1 Å². The van der Waals surface area contributed by atoms with Gasteiger partial charge in [0, 0.05) is 38.5 Å². The van der Waals surface area contributed by atoms with Gasteiger partial charge in [0.2, 0.25) is 0 Å². The molecule has 0 N–H and O–H groups in total. The van der Waals surface area contributed by atoms with Crippen molar-refractivity contribution in [1.29, 1.82) is 0 Å². The molecule has 37 heavy (non-hydrogen) atoms. The van der Waals surface area contributed by atoms with Gasteiger partial charge < -0.3 is 31.5 Å². The highest BCUT2D eigenvalue weighted by Crippen LogP contribution is 2.62. The van der Waals surface area contributed by atoms with Crippen molar-refractivity contribution in [3.05, 3.63) is 104 Å². The first kappa shape index (κ1) is 27.1. The van der Waals surface area contributed by atoms with Gasteiger partial charge in [-0.15, -0.1) is 0 Å². The second-order valence-electron chi connectivity index (χ2n) is 9.45. The fourth-order valence-electron chi connectivity index (χ4n) is 5.61. The number of hydrogen-bond acceptors (Lipinski definition) is 3. The lowest BCUT2D eigenvalue weighted by Gasteiger charge is -2.40. The van der Waals surface area contributed by atoms with Gasteiger partial charge in [-0.2, -0.15) is 0 Å². The van der Waals surface area contributed by atoms with Crippen LogP contribution >= 0.6 is 7.26 Å². The number of halogens is 1. The van der Waals surface area contributed by atoms with Crippen LogP contribution < -0.4 is 32.9 Å². The fourth-order valence-corrected chi connectivity index (χ4v) is 10.5. The molecule has 192 valence electrons. The van der Waals surface area contributed by atoms with Gasteiger partial charge in [-0.05, 0) is 36.4 Å². The lowest BCUT2D eigenvalue weighted by Crippen LogP contribution is -3.00. The molecule has 0 bridgehead atoms. The van der Waals surface area contributed by atoms with Gasteiger partial charge >= 0.3 is 6.09 Å². The molecule has 1 atom stereocenters. The van der Waals surface area contributed by atoms with Crippen molar-refractivity contribution < 1.29 is 31.3 Å². The molecule has 2 fully saturated rings. The Kier molecular flexibility index (Phi) is 8.83. The van der Waals surface area contributed by atoms with Gasteiger partial charge in [0.15, 0.2) is 5.66 Å². The Labute approximate surface area is 230 Å². The van der Waals surface area contributed by atoms with Gasteiger partial charge in [0.25, 0.3) is 5.91 Å². The van der Waals surface area contributed by atoms with Gasteiger partial charge in [0.05, 0.1) is 0 Å². The molecule has 0 aromatic heterocycles. The SMILES string of the molecule is C=CCOC(=O)N1CC(CN2CCC([P+](c3ccccc3)(c3ccccc3)c3ccccc3)C2=O)C1.[Br-]. The normalized spacial score (nSPS) is 17.6. The van der Waals surface area contributed by atoms with Gasteiger partial charge in [-0.25, -0.2) is 4.79 Å². The van der Waals surface area contributed by atoms with E-state index in [0.29, 0.717) is 19.6 Å². The molecule has 2 amide bonds. The summed E-state index contributed by atoms with van der Waals surface area (Å²) in [6, 6.07) is 31.8. The van der Waals surface area contributed by atoms with Crippen molar-refractivity contribution in [2.24, 2.45) is 5.92 Å². The molecule has 5 nitrogen and oxygen atoms in total. The number of nitrogens with zero attached hydrogens (tertiary/aromatic N) is 2. The Morgan fingerprint density at radius 2 is 1.38 bits per heavy atom. The van der Waals surface area contributed by atoms with Crippen LogP contribution in [0.1, 0.15) is 6.42 Å². The van der Waals surface area contributed by atoms with E-state index in [4.69, 9.17) is 4.74 Å². The zero-order valence-corrected chi connectivity index (χ0v) is 23.3. The Morgan fingerprint density at radius 1 is 0.892 bits per heavy atom. The zero-order valence-electron chi connectivity index (χ0n) is 20.8. The van der Waals surface area contributed by atoms with E-state index in [2.05, 4.69) is 79.4 Å². The van der Waals surface area contributed by atoms with Crippen LogP contribution in [0.2, 0.25) is 0 Å². The molecule has 0 spiro atoms. The molecular weight excluding hydrogens is 547 g/mol. The van der Waals surface area contributed by atoms with Crippen LogP contribution in [0.15, 0.2) is 104 Å². The molecule has 0 saturated carbocycles. The number of rotatable bonds is 8. The molecular formula is C30H32BrN2O3P. The number of amides is 2. The molecule has 2 heterocycles. The zero-order chi connectivity index (χ0) is 25.0. The summed E-state index contributed by atoms with van der Waals surface area (Å²) in [5.74, 6) is 0.509. The second-order valence-corrected chi connectivity index (χ2v) is 13.1. The summed E-state index contributed by atoms with van der Waals surface area (Å²) in [6.07, 6.45) is 2.09. The highest BCUT2D eigenvalue weighted by molar-refractivity contribution is 7.96. The van der Waals surface area contributed by atoms with Crippen LogP contribution in [0.4, 0.5) is 4.79 Å². The first-order chi connectivity index (χ1) is 17.6. The average Bonchev–Trinajstić information content (AvgIpc) is 3.27. The van der Waals surface area contributed by atoms with E-state index in [1.165, 1.54) is 15.9 Å². The Hall–Kier alpha value is -2.95. The molecule has 3 aromatic rings. The first-order valence-corrected chi connectivity index (χ1v) is 14.4. The van der Waals surface area contributed by atoms with Crippen molar-refractivity contribution in [3.8, 4) is 0 Å². The third-order valence-corrected chi connectivity index (χ3v) is 12.0. The summed E-state index contributed by atoms with van der Waals surface area (Å²) in [5.41, 5.74) is -0.113. The maximum absolute atomic E-state index is 14.1. The molecule has 0 aliphatic carbocycles. The van der Waals surface area contributed by atoms with Crippen molar-refractivity contribution >= 4 is 35.2 Å². The molecule has 2 saturated heterocycles. The van der Waals surface area contributed by atoms with Crippen LogP contribution in [0.5, 0.6) is 0 Å². The molecule has 7 heteroatoms. The van der Waals surface area contributed by atoms with Crippen molar-refractivity contribution in [2.45, 2.75) is 12.1 Å². The second kappa shape index (κ2) is 12.1. The quantitative estimate of drug-likeness (QED) is 0.294. The van der Waals surface area contributed by atoms with Crippen molar-refractivity contribution in [1.82, 2.24) is 9.80 Å². The number of hydrogen-bond donors (Lipinski definition) is 0. The third-order valence-electron chi connectivity index (χ3n) is 7.25. The summed E-state index contributed by atoms with van der Waals surface area (Å²) >= 11 is 0. The third kappa shape index (κ3) is 5.23. The molecule has 5 rings (SSSR count). The summed E-state index contributed by atoms with van der Waals surface area (Å²) in [5, 5.41) is 3.71. The Balaban J connectivity index is 0.00000320. The predicted octanol–water partition coefficient (Wildman–Crippen LogP) is 0.840. The number of carbonyl (C=O) groups is 2. The summed E-state index contributed by atoms with van der Waals surface area (Å²) < 4.78 is 5.14. The first-order valence-electron chi connectivity index (χ1n) is 12.5. The Bertz CT molecular complexity index is 1110. The van der Waals surface area contributed by atoms with E-state index in [9.17, 15) is 9.59 Å². The lowest BCUT2D eigenvalue weighted by molar-refractivity contribution is -0.128. The Morgan fingerprint density at radius 3 is 1.84 bits per heavy atom. The topological polar surface area (TPSA) is 49.9 Å². The van der Waals surface area contributed by atoms with E-state index in [-0.39, 0.29) is 47.2 Å². The standard InChI is InChI=1S/C30H32N2O3P.BrH/c1-2-20-35-30(34)32-22-24(23-32)21-31-19-18-28(29(31)33)36(25-12-6-3-7-13-25,26-14-8-4-9-15-26)27-16-10-5-11-17-27;/h2-17,24,28H,1,18-23H2;1H/q+1;/p-1. The van der Waals surface area contributed by atoms with E-state index in [0.717, 1.165) is 13.0 Å². The van der Waals surface area contributed by atoms with Crippen LogP contribution in [0, 0.1) is 5.92 Å². The van der Waals surface area contributed by atoms with Crippen LogP contribution in [0.3, 0.4) is 0 Å². The van der Waals surface area contributed by atoms with Gasteiger partial charge in [0.1, 0.15) is 29.8 Å². The highest BCUT2D eigenvalue weighted by atomic mass is 79.9. The maximum Gasteiger partial charge on any atom is 0.410 e. The minimum atomic E-state index is -2.25.